The number of unbranched alkanes of at least 4 members (excludes halogenated alkanes) is 3. The Bertz CT molecular complexity index is 948. The van der Waals surface area contributed by atoms with E-state index in [9.17, 15) is 5.11 Å². The van der Waals surface area contributed by atoms with E-state index in [0.29, 0.717) is 17.4 Å². The summed E-state index contributed by atoms with van der Waals surface area (Å²) in [5, 5.41) is 9.77. The molecule has 0 unspecified atom stereocenters. The fraction of sp³-hybridized carbons (Fsp3) is 0.296. The molecule has 0 amide bonds. The Morgan fingerprint density at radius 1 is 1.13 bits per heavy atom. The second-order valence-corrected chi connectivity index (χ2v) is 7.43. The molecule has 0 bridgehead atoms. The molecule has 0 saturated heterocycles. The van der Waals surface area contributed by atoms with E-state index in [0.717, 1.165) is 29.9 Å². The van der Waals surface area contributed by atoms with Gasteiger partial charge in [-0.25, -0.2) is 4.98 Å². The Morgan fingerprint density at radius 2 is 1.97 bits per heavy atom. The molecule has 0 atom stereocenters. The smallest absolute Gasteiger partial charge is 0.219 e. The zero-order valence-corrected chi connectivity index (χ0v) is 18.9. The van der Waals surface area contributed by atoms with Gasteiger partial charge in [0.05, 0.1) is 6.20 Å². The molecule has 1 aromatic carbocycles. The lowest BCUT2D eigenvalue weighted by Crippen LogP contribution is -2.23. The van der Waals surface area contributed by atoms with Crippen molar-refractivity contribution in [3.05, 3.63) is 90.3 Å². The molecule has 1 N–H and O–H groups in total. The van der Waals surface area contributed by atoms with Gasteiger partial charge < -0.3 is 14.4 Å². The van der Waals surface area contributed by atoms with Crippen LogP contribution in [-0.2, 0) is 0 Å². The average Bonchev–Trinajstić information content (AvgIpc) is 3.20. The van der Waals surface area contributed by atoms with Gasteiger partial charge in [-0.05, 0) is 56.2 Å². The number of aromatic nitrogens is 1. The van der Waals surface area contributed by atoms with Crippen molar-refractivity contribution in [1.29, 1.82) is 0 Å². The number of hydrogen-bond acceptors (Lipinski definition) is 4. The van der Waals surface area contributed by atoms with Crippen LogP contribution in [0.2, 0.25) is 0 Å². The van der Waals surface area contributed by atoms with Crippen LogP contribution in [0.5, 0.6) is 5.75 Å². The first-order valence-corrected chi connectivity index (χ1v) is 10.9. The molecule has 2 rings (SSSR count). The molecular weight excluding hydrogens is 384 g/mol. The highest BCUT2D eigenvalue weighted by molar-refractivity contribution is 5.59. The van der Waals surface area contributed by atoms with Crippen molar-refractivity contribution in [2.45, 2.75) is 46.5 Å². The maximum atomic E-state index is 9.77. The second kappa shape index (κ2) is 13.1. The number of aryl methyl sites for hydroxylation is 1. The van der Waals surface area contributed by atoms with Gasteiger partial charge in [-0.1, -0.05) is 63.1 Å². The summed E-state index contributed by atoms with van der Waals surface area (Å²) in [6, 6.07) is 5.56. The molecule has 0 spiro atoms. The molecule has 4 heteroatoms. The minimum Gasteiger partial charge on any atom is -0.508 e. The van der Waals surface area contributed by atoms with E-state index >= 15 is 0 Å². The second-order valence-electron chi connectivity index (χ2n) is 7.43. The van der Waals surface area contributed by atoms with Crippen molar-refractivity contribution in [2.75, 3.05) is 11.4 Å². The van der Waals surface area contributed by atoms with Crippen molar-refractivity contribution in [3.63, 3.8) is 0 Å². The lowest BCUT2D eigenvalue weighted by atomic mass is 10.1. The van der Waals surface area contributed by atoms with Gasteiger partial charge in [-0.3, -0.25) is 0 Å². The first kappa shape index (κ1) is 24.0. The third kappa shape index (κ3) is 8.17. The summed E-state index contributed by atoms with van der Waals surface area (Å²) < 4.78 is 5.59. The van der Waals surface area contributed by atoms with Gasteiger partial charge >= 0.3 is 0 Å². The summed E-state index contributed by atoms with van der Waals surface area (Å²) in [5.74, 6) is 1.56. The van der Waals surface area contributed by atoms with Crippen LogP contribution in [0, 0.1) is 6.92 Å². The summed E-state index contributed by atoms with van der Waals surface area (Å²) in [7, 11) is 0. The Kier molecular flexibility index (Phi) is 10.2. The Hall–Kier alpha value is -3.27. The number of oxazole rings is 1. The summed E-state index contributed by atoms with van der Waals surface area (Å²) in [5.41, 5.74) is 3.35. The molecule has 31 heavy (non-hydrogen) atoms. The number of anilines is 1. The molecule has 4 nitrogen and oxygen atoms in total. The molecule has 0 saturated carbocycles. The molecule has 2 aromatic rings. The minimum atomic E-state index is 0.300. The summed E-state index contributed by atoms with van der Waals surface area (Å²) >= 11 is 0. The normalized spacial score (nSPS) is 12.4. The quantitative estimate of drug-likeness (QED) is 0.287. The van der Waals surface area contributed by atoms with Crippen molar-refractivity contribution in [3.8, 4) is 5.75 Å². The predicted molar refractivity (Wildman–Crippen MR) is 132 cm³/mol. The number of phenols is 1. The average molecular weight is 419 g/mol. The number of allylic oxidation sites excluding steroid dienone is 7. The highest BCUT2D eigenvalue weighted by atomic mass is 16.3. The van der Waals surface area contributed by atoms with Crippen LogP contribution in [0.15, 0.2) is 77.5 Å². The van der Waals surface area contributed by atoms with Gasteiger partial charge in [-0.2, -0.15) is 0 Å². The van der Waals surface area contributed by atoms with Crippen molar-refractivity contribution in [1.82, 2.24) is 4.98 Å². The molecule has 0 aliphatic rings. The topological polar surface area (TPSA) is 49.5 Å². The van der Waals surface area contributed by atoms with Gasteiger partial charge in [0.2, 0.25) is 5.89 Å². The van der Waals surface area contributed by atoms with Crippen LogP contribution in [0.25, 0.3) is 12.2 Å². The zero-order chi connectivity index (χ0) is 22.5. The number of rotatable bonds is 12. The summed E-state index contributed by atoms with van der Waals surface area (Å²) in [6.45, 7) is 11.0. The van der Waals surface area contributed by atoms with Crippen LogP contribution in [0.3, 0.4) is 0 Å². The van der Waals surface area contributed by atoms with Crippen molar-refractivity contribution < 1.29 is 9.52 Å². The van der Waals surface area contributed by atoms with Crippen LogP contribution in [-0.4, -0.2) is 16.6 Å². The highest BCUT2D eigenvalue weighted by Gasteiger charge is 2.11. The predicted octanol–water partition coefficient (Wildman–Crippen LogP) is 7.45. The maximum absolute atomic E-state index is 9.77. The number of phenolic OH excluding ortho intramolecular Hbond substituents is 1. The number of aromatic hydroxyl groups is 1. The van der Waals surface area contributed by atoms with Crippen molar-refractivity contribution >= 4 is 17.8 Å². The summed E-state index contributed by atoms with van der Waals surface area (Å²) in [6.07, 6.45) is 21.7. The van der Waals surface area contributed by atoms with E-state index in [1.54, 1.807) is 18.3 Å². The van der Waals surface area contributed by atoms with Crippen LogP contribution in [0.4, 0.5) is 5.69 Å². The van der Waals surface area contributed by atoms with Gasteiger partial charge in [0, 0.05) is 24.0 Å². The third-order valence-corrected chi connectivity index (χ3v) is 4.87. The monoisotopic (exact) mass is 418 g/mol. The highest BCUT2D eigenvalue weighted by Crippen LogP contribution is 2.27. The van der Waals surface area contributed by atoms with Gasteiger partial charge in [0.15, 0.2) is 0 Å². The largest absolute Gasteiger partial charge is 0.508 e. The first-order chi connectivity index (χ1) is 15.0. The molecule has 0 fully saturated rings. The Labute approximate surface area is 186 Å². The molecule has 0 radical (unpaired) electrons. The lowest BCUT2D eigenvalue weighted by Gasteiger charge is -2.27. The van der Waals surface area contributed by atoms with Crippen LogP contribution >= 0.6 is 0 Å². The standard InChI is InChI=1S/C27H34N2O2/c1-5-7-9-13-19-29(26-18-17-24(30)20-22(26)3)23(4)14-11-10-12-16-27-28-21-25(31-27)15-8-6-2/h6,8,10-12,14-18,20-21,30H,2,5,7,9,13,19H2,1,3-4H3/b11-10+,15-8-,16-12+,23-14-. The zero-order valence-electron chi connectivity index (χ0n) is 18.9. The number of hydrogen-bond donors (Lipinski definition) is 1. The van der Waals surface area contributed by atoms with Crippen LogP contribution in [0.1, 0.15) is 56.7 Å². The molecule has 164 valence electrons. The van der Waals surface area contributed by atoms with E-state index in [1.165, 1.54) is 19.3 Å². The molecular formula is C27H34N2O2. The van der Waals surface area contributed by atoms with E-state index in [4.69, 9.17) is 4.42 Å². The maximum Gasteiger partial charge on any atom is 0.219 e. The SMILES string of the molecule is C=C/C=C\c1cnc(/C=C/C=C/C=C(/C)N(CCCCCC)c2ccc(O)cc2C)o1. The molecule has 0 aliphatic carbocycles. The summed E-state index contributed by atoms with van der Waals surface area (Å²) in [4.78, 5) is 6.54. The van der Waals surface area contributed by atoms with Crippen molar-refractivity contribution in [2.24, 2.45) is 0 Å². The van der Waals surface area contributed by atoms with Gasteiger partial charge in [-0.15, -0.1) is 0 Å². The lowest BCUT2D eigenvalue weighted by molar-refractivity contribution is 0.475. The fourth-order valence-electron chi connectivity index (χ4n) is 3.23. The minimum absolute atomic E-state index is 0.300. The third-order valence-electron chi connectivity index (χ3n) is 4.87. The number of nitrogens with zero attached hydrogens (tertiary/aromatic N) is 2. The first-order valence-electron chi connectivity index (χ1n) is 10.9. The Morgan fingerprint density at radius 3 is 2.71 bits per heavy atom. The molecule has 0 aliphatic heterocycles. The molecule has 1 heterocycles. The van der Waals surface area contributed by atoms with E-state index < -0.39 is 0 Å². The van der Waals surface area contributed by atoms with Gasteiger partial charge in [0.1, 0.15) is 11.5 Å². The van der Waals surface area contributed by atoms with E-state index in [1.807, 2.05) is 55.5 Å². The van der Waals surface area contributed by atoms with E-state index in [2.05, 4.69) is 36.4 Å². The van der Waals surface area contributed by atoms with Gasteiger partial charge in [0.25, 0.3) is 0 Å². The van der Waals surface area contributed by atoms with Crippen LogP contribution < -0.4 is 4.90 Å². The number of benzene rings is 1. The fourth-order valence-corrected chi connectivity index (χ4v) is 3.23. The van der Waals surface area contributed by atoms with E-state index in [-0.39, 0.29) is 0 Å². The Balaban J connectivity index is 2.07. The molecule has 1 aromatic heterocycles.